The number of rotatable bonds is 2. The van der Waals surface area contributed by atoms with E-state index >= 15 is 0 Å². The van der Waals surface area contributed by atoms with Crippen LogP contribution >= 0.6 is 11.3 Å². The lowest BCUT2D eigenvalue weighted by Gasteiger charge is -2.06. The molecule has 0 spiro atoms. The maximum atomic E-state index is 12.3. The van der Waals surface area contributed by atoms with Crippen LogP contribution < -0.4 is 5.73 Å². The highest BCUT2D eigenvalue weighted by molar-refractivity contribution is 7.17. The Balaban J connectivity index is 2.28. The number of hydrogen-bond donors (Lipinski definition) is 1. The van der Waals surface area contributed by atoms with Crippen molar-refractivity contribution in [3.63, 3.8) is 0 Å². The van der Waals surface area contributed by atoms with E-state index in [0.29, 0.717) is 4.88 Å². The van der Waals surface area contributed by atoms with E-state index in [-0.39, 0.29) is 10.7 Å². The van der Waals surface area contributed by atoms with Gasteiger partial charge in [-0.1, -0.05) is 23.5 Å². The molecule has 0 aliphatic carbocycles. The Bertz CT molecular complexity index is 575. The molecule has 0 unspecified atom stereocenters. The molecular formula is C11H7F3N2OS. The van der Waals surface area contributed by atoms with Crippen LogP contribution in [0.5, 0.6) is 0 Å². The molecule has 0 saturated carbocycles. The largest absolute Gasteiger partial charge is 0.416 e. The first-order chi connectivity index (χ1) is 8.38. The lowest BCUT2D eigenvalue weighted by molar-refractivity contribution is -0.137. The van der Waals surface area contributed by atoms with Crippen LogP contribution in [0.25, 0.3) is 0 Å². The van der Waals surface area contributed by atoms with Crippen molar-refractivity contribution in [2.24, 2.45) is 0 Å². The van der Waals surface area contributed by atoms with Crippen LogP contribution in [0.3, 0.4) is 0 Å². The molecule has 2 aromatic rings. The van der Waals surface area contributed by atoms with Crippen molar-refractivity contribution in [2.75, 3.05) is 5.73 Å². The highest BCUT2D eigenvalue weighted by atomic mass is 32.1. The number of nitrogen functional groups attached to an aromatic ring is 1. The third kappa shape index (κ3) is 2.51. The van der Waals surface area contributed by atoms with Crippen molar-refractivity contribution in [3.8, 4) is 0 Å². The predicted octanol–water partition coefficient (Wildman–Crippen LogP) is 2.98. The van der Waals surface area contributed by atoms with Gasteiger partial charge in [0.1, 0.15) is 0 Å². The summed E-state index contributed by atoms with van der Waals surface area (Å²) in [6.07, 6.45) is -3.10. The van der Waals surface area contributed by atoms with Crippen molar-refractivity contribution >= 4 is 22.3 Å². The fraction of sp³-hybridized carbons (Fsp3) is 0.0909. The number of nitrogens with zero attached hydrogens (tertiary/aromatic N) is 1. The molecule has 1 aromatic heterocycles. The van der Waals surface area contributed by atoms with Crippen molar-refractivity contribution < 1.29 is 18.0 Å². The Morgan fingerprint density at radius 3 is 2.28 bits per heavy atom. The zero-order valence-corrected chi connectivity index (χ0v) is 9.68. The van der Waals surface area contributed by atoms with Gasteiger partial charge in [-0.3, -0.25) is 4.79 Å². The molecule has 0 bridgehead atoms. The van der Waals surface area contributed by atoms with Gasteiger partial charge in [-0.15, -0.1) is 0 Å². The highest BCUT2D eigenvalue weighted by Gasteiger charge is 2.30. The van der Waals surface area contributed by atoms with E-state index in [1.807, 2.05) is 0 Å². The van der Waals surface area contributed by atoms with Crippen LogP contribution in [-0.2, 0) is 6.18 Å². The minimum atomic E-state index is -4.41. The molecule has 2 N–H and O–H groups in total. The number of anilines is 1. The fourth-order valence-electron chi connectivity index (χ4n) is 1.35. The fourth-order valence-corrected chi connectivity index (χ4v) is 1.99. The number of alkyl halides is 3. The number of hydrogen-bond acceptors (Lipinski definition) is 4. The molecule has 0 aliphatic rings. The minimum absolute atomic E-state index is 0.173. The van der Waals surface area contributed by atoms with Gasteiger partial charge in [-0.2, -0.15) is 13.2 Å². The Kier molecular flexibility index (Phi) is 3.08. The molecule has 0 atom stereocenters. The number of aromatic nitrogens is 1. The SMILES string of the molecule is Nc1ncc(C(=O)c2ccc(C(F)(F)F)cc2)s1. The molecule has 0 fully saturated rings. The van der Waals surface area contributed by atoms with Gasteiger partial charge in [-0.25, -0.2) is 4.98 Å². The molecule has 1 aromatic carbocycles. The second-order valence-electron chi connectivity index (χ2n) is 3.47. The number of carbonyl (C=O) groups is 1. The molecule has 2 rings (SSSR count). The van der Waals surface area contributed by atoms with E-state index in [0.717, 1.165) is 35.6 Å². The van der Waals surface area contributed by atoms with Crippen LogP contribution in [0, 0.1) is 0 Å². The van der Waals surface area contributed by atoms with Crippen LogP contribution in [0.15, 0.2) is 30.5 Å². The van der Waals surface area contributed by atoms with Crippen LogP contribution in [-0.4, -0.2) is 10.8 Å². The quantitative estimate of drug-likeness (QED) is 0.855. The summed E-state index contributed by atoms with van der Waals surface area (Å²) in [4.78, 5) is 15.9. The molecule has 3 nitrogen and oxygen atoms in total. The summed E-state index contributed by atoms with van der Waals surface area (Å²) < 4.78 is 37.0. The minimum Gasteiger partial charge on any atom is -0.375 e. The standard InChI is InChI=1S/C11H7F3N2OS/c12-11(13,14)7-3-1-6(2-4-7)9(17)8-5-16-10(15)18-8/h1-5H,(H2,15,16). The average molecular weight is 272 g/mol. The molecule has 0 amide bonds. The maximum absolute atomic E-state index is 12.3. The summed E-state index contributed by atoms with van der Waals surface area (Å²) in [7, 11) is 0. The number of carbonyl (C=O) groups excluding carboxylic acids is 1. The first kappa shape index (κ1) is 12.6. The van der Waals surface area contributed by atoms with Gasteiger partial charge >= 0.3 is 6.18 Å². The number of halogens is 3. The lowest BCUT2D eigenvalue weighted by atomic mass is 10.1. The van der Waals surface area contributed by atoms with Crippen molar-refractivity contribution in [2.45, 2.75) is 6.18 Å². The van der Waals surface area contributed by atoms with Gasteiger partial charge in [0, 0.05) is 5.56 Å². The van der Waals surface area contributed by atoms with Crippen LogP contribution in [0.1, 0.15) is 20.8 Å². The van der Waals surface area contributed by atoms with Gasteiger partial charge in [-0.05, 0) is 12.1 Å². The van der Waals surface area contributed by atoms with Crippen LogP contribution in [0.2, 0.25) is 0 Å². The van der Waals surface area contributed by atoms with E-state index in [1.165, 1.54) is 6.20 Å². The molecule has 0 saturated heterocycles. The normalized spacial score (nSPS) is 11.5. The average Bonchev–Trinajstić information content (AvgIpc) is 2.74. The van der Waals surface area contributed by atoms with Gasteiger partial charge in [0.25, 0.3) is 0 Å². The van der Waals surface area contributed by atoms with E-state index in [9.17, 15) is 18.0 Å². The Morgan fingerprint density at radius 2 is 1.83 bits per heavy atom. The van der Waals surface area contributed by atoms with Gasteiger partial charge < -0.3 is 5.73 Å². The molecule has 0 aliphatic heterocycles. The number of ketones is 1. The zero-order chi connectivity index (χ0) is 13.3. The molecule has 7 heteroatoms. The van der Waals surface area contributed by atoms with Gasteiger partial charge in [0.2, 0.25) is 5.78 Å². The van der Waals surface area contributed by atoms with Crippen molar-refractivity contribution in [3.05, 3.63) is 46.5 Å². The summed E-state index contributed by atoms with van der Waals surface area (Å²) in [5, 5.41) is 0.241. The van der Waals surface area contributed by atoms with Crippen molar-refractivity contribution in [1.29, 1.82) is 0 Å². The van der Waals surface area contributed by atoms with E-state index in [2.05, 4.69) is 4.98 Å². The van der Waals surface area contributed by atoms with E-state index in [4.69, 9.17) is 5.73 Å². The Hall–Kier alpha value is -1.89. The third-order valence-corrected chi connectivity index (χ3v) is 3.05. The van der Waals surface area contributed by atoms with Gasteiger partial charge in [0.05, 0.1) is 16.6 Å². The van der Waals surface area contributed by atoms with E-state index < -0.39 is 17.5 Å². The number of benzene rings is 1. The van der Waals surface area contributed by atoms with Gasteiger partial charge in [0.15, 0.2) is 5.13 Å². The summed E-state index contributed by atoms with van der Waals surface area (Å²) in [6, 6.07) is 4.03. The third-order valence-electron chi connectivity index (χ3n) is 2.22. The highest BCUT2D eigenvalue weighted by Crippen LogP contribution is 2.29. The number of nitrogens with two attached hydrogens (primary N) is 1. The monoisotopic (exact) mass is 272 g/mol. The van der Waals surface area contributed by atoms with Crippen LogP contribution in [0.4, 0.5) is 18.3 Å². The second kappa shape index (κ2) is 4.41. The zero-order valence-electron chi connectivity index (χ0n) is 8.86. The summed E-state index contributed by atoms with van der Waals surface area (Å²) >= 11 is 0.995. The molecule has 18 heavy (non-hydrogen) atoms. The first-order valence-corrected chi connectivity index (χ1v) is 5.63. The molecule has 94 valence electrons. The topological polar surface area (TPSA) is 56.0 Å². The lowest BCUT2D eigenvalue weighted by Crippen LogP contribution is -2.06. The smallest absolute Gasteiger partial charge is 0.375 e. The first-order valence-electron chi connectivity index (χ1n) is 4.81. The predicted molar refractivity (Wildman–Crippen MR) is 61.4 cm³/mol. The summed E-state index contributed by atoms with van der Waals surface area (Å²) in [5.74, 6) is -0.391. The Labute approximate surface area is 104 Å². The molecular weight excluding hydrogens is 265 g/mol. The summed E-state index contributed by atoms with van der Waals surface area (Å²) in [6.45, 7) is 0. The number of thiazole rings is 1. The molecule has 1 heterocycles. The Morgan fingerprint density at radius 1 is 1.22 bits per heavy atom. The van der Waals surface area contributed by atoms with Crippen molar-refractivity contribution in [1.82, 2.24) is 4.98 Å². The maximum Gasteiger partial charge on any atom is 0.416 e. The molecule has 0 radical (unpaired) electrons. The van der Waals surface area contributed by atoms with E-state index in [1.54, 1.807) is 0 Å². The second-order valence-corrected chi connectivity index (χ2v) is 4.53. The summed E-state index contributed by atoms with van der Waals surface area (Å²) in [5.41, 5.74) is 4.77.